The van der Waals surface area contributed by atoms with Crippen LogP contribution in [-0.4, -0.2) is 22.8 Å². The van der Waals surface area contributed by atoms with Gasteiger partial charge in [0.05, 0.1) is 6.21 Å². The number of hydrogen-bond acceptors (Lipinski definition) is 4. The number of nitrogens with zero attached hydrogens (tertiary/aromatic N) is 3. The van der Waals surface area contributed by atoms with Crippen LogP contribution in [0.5, 0.6) is 0 Å². The average molecular weight is 342 g/mol. The van der Waals surface area contributed by atoms with Crippen molar-refractivity contribution in [3.05, 3.63) is 61.8 Å². The van der Waals surface area contributed by atoms with Crippen LogP contribution in [0.3, 0.4) is 0 Å². The molecule has 0 radical (unpaired) electrons. The molecule has 0 saturated heterocycles. The zero-order chi connectivity index (χ0) is 18.4. The molecule has 0 bridgehead atoms. The molecule has 6 heteroatoms. The first kappa shape index (κ1) is 18.7. The van der Waals surface area contributed by atoms with Crippen molar-refractivity contribution >= 4 is 12.0 Å². The fourth-order valence-corrected chi connectivity index (χ4v) is 2.67. The Kier molecular flexibility index (Phi) is 6.33. The van der Waals surface area contributed by atoms with Crippen molar-refractivity contribution in [3.63, 3.8) is 0 Å². The molecule has 1 aromatic heterocycles. The molecule has 0 fully saturated rings. The molecule has 0 amide bonds. The van der Waals surface area contributed by atoms with Crippen LogP contribution in [0.15, 0.2) is 39.0 Å². The quantitative estimate of drug-likeness (QED) is 0.621. The van der Waals surface area contributed by atoms with E-state index in [9.17, 15) is 9.59 Å². The van der Waals surface area contributed by atoms with Crippen molar-refractivity contribution in [1.29, 1.82) is 0 Å². The van der Waals surface area contributed by atoms with Crippen LogP contribution in [0, 0.1) is 0 Å². The maximum Gasteiger partial charge on any atom is 0.329 e. The Balaban J connectivity index is 2.24. The molecule has 0 atom stereocenters. The lowest BCUT2D eigenvalue weighted by Crippen LogP contribution is -2.33. The van der Waals surface area contributed by atoms with Gasteiger partial charge in [-0.3, -0.25) is 19.4 Å². The first-order chi connectivity index (χ1) is 12.0. The van der Waals surface area contributed by atoms with Gasteiger partial charge in [-0.05, 0) is 35.6 Å². The third-order valence-corrected chi connectivity index (χ3v) is 4.13. The number of H-pyrrole nitrogens is 1. The fourth-order valence-electron chi connectivity index (χ4n) is 2.67. The van der Waals surface area contributed by atoms with Gasteiger partial charge in [0.15, 0.2) is 0 Å². The van der Waals surface area contributed by atoms with Crippen LogP contribution in [0.2, 0.25) is 0 Å². The van der Waals surface area contributed by atoms with Gasteiger partial charge < -0.3 is 0 Å². The highest BCUT2D eigenvalue weighted by Crippen LogP contribution is 2.15. The van der Waals surface area contributed by atoms with Gasteiger partial charge in [-0.1, -0.05) is 38.8 Å². The maximum absolute atomic E-state index is 11.7. The highest BCUT2D eigenvalue weighted by Gasteiger charge is 2.05. The molecular formula is C19H26N4O2. The van der Waals surface area contributed by atoms with Gasteiger partial charge in [0, 0.05) is 20.2 Å². The summed E-state index contributed by atoms with van der Waals surface area (Å²) in [5.41, 5.74) is 2.93. The Hall–Kier alpha value is -2.63. The molecule has 25 heavy (non-hydrogen) atoms. The summed E-state index contributed by atoms with van der Waals surface area (Å²) in [6.07, 6.45) is 6.11. The topological polar surface area (TPSA) is 70.5 Å². The van der Waals surface area contributed by atoms with Crippen LogP contribution < -0.4 is 16.3 Å². The van der Waals surface area contributed by atoms with Gasteiger partial charge >= 0.3 is 5.69 Å². The summed E-state index contributed by atoms with van der Waals surface area (Å²) in [5, 5.41) is 5.83. The van der Waals surface area contributed by atoms with E-state index in [1.54, 1.807) is 13.3 Å². The monoisotopic (exact) mass is 342 g/mol. The first-order valence-corrected chi connectivity index (χ1v) is 8.66. The Morgan fingerprint density at radius 2 is 1.80 bits per heavy atom. The maximum atomic E-state index is 11.7. The Labute approximate surface area is 147 Å². The molecule has 0 aliphatic heterocycles. The summed E-state index contributed by atoms with van der Waals surface area (Å²) in [6, 6.07) is 7.73. The highest BCUT2D eigenvalue weighted by molar-refractivity contribution is 5.80. The molecule has 0 aliphatic rings. The molecule has 1 aromatic carbocycles. The fraction of sp³-hybridized carbons (Fsp3) is 0.421. The summed E-state index contributed by atoms with van der Waals surface area (Å²) < 4.78 is 1.02. The van der Waals surface area contributed by atoms with Gasteiger partial charge in [0.25, 0.3) is 5.56 Å². The minimum atomic E-state index is -0.460. The minimum Gasteiger partial charge on any atom is -0.292 e. The molecule has 0 aliphatic carbocycles. The Morgan fingerprint density at radius 3 is 2.44 bits per heavy atom. The summed E-state index contributed by atoms with van der Waals surface area (Å²) >= 11 is 0. The van der Waals surface area contributed by atoms with Crippen molar-refractivity contribution in [3.8, 4) is 0 Å². The smallest absolute Gasteiger partial charge is 0.292 e. The van der Waals surface area contributed by atoms with E-state index in [1.807, 2.05) is 6.07 Å². The van der Waals surface area contributed by atoms with Gasteiger partial charge in [-0.2, -0.15) is 5.10 Å². The third kappa shape index (κ3) is 4.68. The van der Waals surface area contributed by atoms with Gasteiger partial charge in [0.1, 0.15) is 5.82 Å². The minimum absolute atomic E-state index is 0.362. The van der Waals surface area contributed by atoms with Crippen molar-refractivity contribution in [2.75, 3.05) is 12.1 Å². The molecule has 2 rings (SSSR count). The normalized spacial score (nSPS) is 11.2. The van der Waals surface area contributed by atoms with Crippen molar-refractivity contribution in [2.24, 2.45) is 12.1 Å². The summed E-state index contributed by atoms with van der Waals surface area (Å²) in [6.45, 7) is 4.36. The average Bonchev–Trinajstić information content (AvgIpc) is 2.59. The lowest BCUT2D eigenvalue weighted by Gasteiger charge is -2.13. The van der Waals surface area contributed by atoms with Crippen LogP contribution in [0.25, 0.3) is 0 Å². The number of nitrogens with one attached hydrogen (secondary N) is 1. The molecule has 134 valence electrons. The molecular weight excluding hydrogens is 316 g/mol. The lowest BCUT2D eigenvalue weighted by atomic mass is 9.97. The van der Waals surface area contributed by atoms with Crippen LogP contribution >= 0.6 is 0 Å². The molecule has 1 heterocycles. The van der Waals surface area contributed by atoms with Gasteiger partial charge in [0.2, 0.25) is 0 Å². The molecule has 1 N–H and O–H groups in total. The number of rotatable bonds is 7. The predicted octanol–water partition coefficient (Wildman–Crippen LogP) is 2.45. The summed E-state index contributed by atoms with van der Waals surface area (Å²) in [5.74, 6) is 0.362. The number of aromatic amines is 1. The van der Waals surface area contributed by atoms with Crippen LogP contribution in [0.4, 0.5) is 5.82 Å². The van der Waals surface area contributed by atoms with Gasteiger partial charge in [-0.25, -0.2) is 4.79 Å². The van der Waals surface area contributed by atoms with E-state index in [1.165, 1.54) is 29.2 Å². The highest BCUT2D eigenvalue weighted by atomic mass is 16.2. The summed E-state index contributed by atoms with van der Waals surface area (Å²) in [7, 11) is 3.13. The molecule has 2 aromatic rings. The lowest BCUT2D eigenvalue weighted by molar-refractivity contribution is 0.766. The largest absolute Gasteiger partial charge is 0.329 e. The number of hydrazone groups is 1. The van der Waals surface area contributed by atoms with E-state index in [0.29, 0.717) is 5.82 Å². The predicted molar refractivity (Wildman–Crippen MR) is 103 cm³/mol. The second-order valence-corrected chi connectivity index (χ2v) is 6.15. The van der Waals surface area contributed by atoms with Crippen molar-refractivity contribution in [1.82, 2.24) is 9.55 Å². The Morgan fingerprint density at radius 1 is 1.12 bits per heavy atom. The first-order valence-electron chi connectivity index (χ1n) is 8.66. The Bertz CT molecular complexity index is 833. The number of aromatic nitrogens is 2. The zero-order valence-corrected chi connectivity index (χ0v) is 15.4. The zero-order valence-electron chi connectivity index (χ0n) is 15.4. The van der Waals surface area contributed by atoms with Crippen molar-refractivity contribution < 1.29 is 0 Å². The van der Waals surface area contributed by atoms with Crippen LogP contribution in [-0.2, 0) is 19.9 Å². The summed E-state index contributed by atoms with van der Waals surface area (Å²) in [4.78, 5) is 26.0. The molecule has 0 spiro atoms. The SMILES string of the molecule is CCCc1ccc(/C=N\N(C)c2cc(=O)n(C)c(=O)[nH]2)cc1CCC. The number of hydrogen-bond donors (Lipinski definition) is 1. The number of aryl methyl sites for hydroxylation is 2. The van der Waals surface area contributed by atoms with E-state index in [0.717, 1.165) is 35.8 Å². The second-order valence-electron chi connectivity index (χ2n) is 6.15. The van der Waals surface area contributed by atoms with E-state index < -0.39 is 5.69 Å². The molecule has 0 saturated carbocycles. The molecule has 6 nitrogen and oxygen atoms in total. The number of benzene rings is 1. The van der Waals surface area contributed by atoms with Crippen molar-refractivity contribution in [2.45, 2.75) is 39.5 Å². The van der Waals surface area contributed by atoms with E-state index >= 15 is 0 Å². The van der Waals surface area contributed by atoms with E-state index in [4.69, 9.17) is 0 Å². The van der Waals surface area contributed by atoms with Gasteiger partial charge in [-0.15, -0.1) is 0 Å². The third-order valence-electron chi connectivity index (χ3n) is 4.13. The molecule has 0 unspecified atom stereocenters. The van der Waals surface area contributed by atoms with E-state index in [-0.39, 0.29) is 5.56 Å². The van der Waals surface area contributed by atoms with E-state index in [2.05, 4.69) is 36.1 Å². The number of anilines is 1. The second kappa shape index (κ2) is 8.46. The van der Waals surface area contributed by atoms with Crippen LogP contribution in [0.1, 0.15) is 43.4 Å². The standard InChI is InChI=1S/C19H26N4O2/c1-5-7-15-10-9-14(11-16(15)8-6-2)13-20-23(4)17-12-18(24)22(3)19(25)21-17/h9-13H,5-8H2,1-4H3,(H,21,25)/b20-13-.